The Labute approximate surface area is 164 Å². The SMILES string of the molecule is c1cc(Nc2ccc3ccccc3c2)cc(Nc2ccc3ccccc3c2)c1. The van der Waals surface area contributed by atoms with Crippen molar-refractivity contribution in [3.63, 3.8) is 0 Å². The number of benzene rings is 5. The molecule has 0 radical (unpaired) electrons. The minimum Gasteiger partial charge on any atom is -0.355 e. The first-order valence-corrected chi connectivity index (χ1v) is 9.45. The Kier molecular flexibility index (Phi) is 4.15. The zero-order valence-electron chi connectivity index (χ0n) is 15.4. The van der Waals surface area contributed by atoms with E-state index in [2.05, 4.69) is 120 Å². The molecule has 5 rings (SSSR count). The topological polar surface area (TPSA) is 24.1 Å². The molecule has 2 nitrogen and oxygen atoms in total. The summed E-state index contributed by atoms with van der Waals surface area (Å²) in [4.78, 5) is 0. The lowest BCUT2D eigenvalue weighted by atomic mass is 10.1. The third kappa shape index (κ3) is 3.40. The van der Waals surface area contributed by atoms with Crippen LogP contribution >= 0.6 is 0 Å². The lowest BCUT2D eigenvalue weighted by Crippen LogP contribution is -1.94. The molecular weight excluding hydrogens is 340 g/mol. The maximum Gasteiger partial charge on any atom is 0.0405 e. The van der Waals surface area contributed by atoms with Gasteiger partial charge in [-0.15, -0.1) is 0 Å². The summed E-state index contributed by atoms with van der Waals surface area (Å²) in [7, 11) is 0. The highest BCUT2D eigenvalue weighted by Gasteiger charge is 2.01. The summed E-state index contributed by atoms with van der Waals surface area (Å²) in [5.41, 5.74) is 4.28. The Morgan fingerprint density at radius 1 is 0.321 bits per heavy atom. The van der Waals surface area contributed by atoms with Crippen molar-refractivity contribution < 1.29 is 0 Å². The van der Waals surface area contributed by atoms with Crippen LogP contribution in [-0.4, -0.2) is 0 Å². The van der Waals surface area contributed by atoms with Gasteiger partial charge in [0.2, 0.25) is 0 Å². The second kappa shape index (κ2) is 7.09. The van der Waals surface area contributed by atoms with Crippen molar-refractivity contribution in [3.05, 3.63) is 109 Å². The number of hydrogen-bond acceptors (Lipinski definition) is 2. The standard InChI is InChI=1S/C26H20N2/c1-3-8-21-16-25(14-12-19(21)6-1)27-23-10-5-11-24(18-23)28-26-15-13-20-7-2-4-9-22(20)17-26/h1-18,27-28H. The van der Waals surface area contributed by atoms with E-state index in [0.29, 0.717) is 0 Å². The monoisotopic (exact) mass is 360 g/mol. The van der Waals surface area contributed by atoms with Crippen LogP contribution in [-0.2, 0) is 0 Å². The van der Waals surface area contributed by atoms with Gasteiger partial charge in [-0.3, -0.25) is 0 Å². The highest BCUT2D eigenvalue weighted by molar-refractivity contribution is 5.88. The highest BCUT2D eigenvalue weighted by Crippen LogP contribution is 2.26. The molecule has 2 N–H and O–H groups in total. The Balaban J connectivity index is 1.39. The Bertz CT molecular complexity index is 1180. The molecule has 0 aromatic heterocycles. The third-order valence-corrected chi connectivity index (χ3v) is 4.94. The maximum absolute atomic E-state index is 3.51. The summed E-state index contributed by atoms with van der Waals surface area (Å²) in [6, 6.07) is 38.1. The molecule has 0 saturated carbocycles. The molecule has 0 bridgehead atoms. The first-order valence-electron chi connectivity index (χ1n) is 9.45. The van der Waals surface area contributed by atoms with Crippen LogP contribution in [0.5, 0.6) is 0 Å². The minimum absolute atomic E-state index is 1.06. The van der Waals surface area contributed by atoms with Gasteiger partial charge in [-0.2, -0.15) is 0 Å². The molecule has 0 atom stereocenters. The van der Waals surface area contributed by atoms with Crippen molar-refractivity contribution in [3.8, 4) is 0 Å². The van der Waals surface area contributed by atoms with Crippen molar-refractivity contribution in [2.45, 2.75) is 0 Å². The number of rotatable bonds is 4. The van der Waals surface area contributed by atoms with Gasteiger partial charge < -0.3 is 10.6 Å². The van der Waals surface area contributed by atoms with Crippen molar-refractivity contribution in [1.82, 2.24) is 0 Å². The molecule has 0 spiro atoms. The predicted molar refractivity (Wildman–Crippen MR) is 121 cm³/mol. The lowest BCUT2D eigenvalue weighted by Gasteiger charge is -2.11. The van der Waals surface area contributed by atoms with Crippen molar-refractivity contribution >= 4 is 44.3 Å². The molecule has 0 aliphatic heterocycles. The quantitative estimate of drug-likeness (QED) is 0.347. The molecule has 0 amide bonds. The van der Waals surface area contributed by atoms with E-state index in [1.165, 1.54) is 21.5 Å². The van der Waals surface area contributed by atoms with E-state index in [4.69, 9.17) is 0 Å². The second-order valence-corrected chi connectivity index (χ2v) is 6.95. The Morgan fingerprint density at radius 3 is 1.25 bits per heavy atom. The van der Waals surface area contributed by atoms with Gasteiger partial charge in [-0.05, 0) is 64.0 Å². The van der Waals surface area contributed by atoms with E-state index in [1.807, 2.05) is 0 Å². The van der Waals surface area contributed by atoms with E-state index in [-0.39, 0.29) is 0 Å². The summed E-state index contributed by atoms with van der Waals surface area (Å²) in [6.45, 7) is 0. The van der Waals surface area contributed by atoms with Gasteiger partial charge in [-0.25, -0.2) is 0 Å². The molecule has 5 aromatic carbocycles. The molecule has 0 unspecified atom stereocenters. The normalized spacial score (nSPS) is 10.9. The van der Waals surface area contributed by atoms with Crippen molar-refractivity contribution in [1.29, 1.82) is 0 Å². The summed E-state index contributed by atoms with van der Waals surface area (Å²) < 4.78 is 0. The molecule has 0 saturated heterocycles. The van der Waals surface area contributed by atoms with E-state index >= 15 is 0 Å². The van der Waals surface area contributed by atoms with Gasteiger partial charge in [0.1, 0.15) is 0 Å². The predicted octanol–water partition coefficient (Wildman–Crippen LogP) is 7.48. The Morgan fingerprint density at radius 2 is 0.750 bits per heavy atom. The zero-order valence-corrected chi connectivity index (χ0v) is 15.4. The average molecular weight is 360 g/mol. The smallest absolute Gasteiger partial charge is 0.0405 e. The molecule has 28 heavy (non-hydrogen) atoms. The fourth-order valence-corrected chi connectivity index (χ4v) is 3.54. The largest absolute Gasteiger partial charge is 0.355 e. The van der Waals surface area contributed by atoms with Gasteiger partial charge in [0.05, 0.1) is 0 Å². The molecule has 134 valence electrons. The molecule has 0 heterocycles. The Hall–Kier alpha value is -3.78. The zero-order chi connectivity index (χ0) is 18.8. The molecule has 0 fully saturated rings. The lowest BCUT2D eigenvalue weighted by molar-refractivity contribution is 1.53. The summed E-state index contributed by atoms with van der Waals surface area (Å²) in [5.74, 6) is 0. The summed E-state index contributed by atoms with van der Waals surface area (Å²) >= 11 is 0. The van der Waals surface area contributed by atoms with Gasteiger partial charge in [0.15, 0.2) is 0 Å². The minimum atomic E-state index is 1.06. The molecular formula is C26H20N2. The fraction of sp³-hybridized carbons (Fsp3) is 0. The van der Waals surface area contributed by atoms with Crippen LogP contribution in [0.25, 0.3) is 21.5 Å². The van der Waals surface area contributed by atoms with Gasteiger partial charge in [0, 0.05) is 22.7 Å². The second-order valence-electron chi connectivity index (χ2n) is 6.95. The summed E-state index contributed by atoms with van der Waals surface area (Å²) in [5, 5.41) is 12.0. The van der Waals surface area contributed by atoms with Crippen LogP contribution in [0.3, 0.4) is 0 Å². The first kappa shape index (κ1) is 16.4. The van der Waals surface area contributed by atoms with E-state index in [1.54, 1.807) is 0 Å². The average Bonchev–Trinajstić information content (AvgIpc) is 2.74. The van der Waals surface area contributed by atoms with Crippen LogP contribution < -0.4 is 10.6 Å². The number of nitrogens with one attached hydrogen (secondary N) is 2. The van der Waals surface area contributed by atoms with E-state index in [9.17, 15) is 0 Å². The van der Waals surface area contributed by atoms with Crippen LogP contribution in [0, 0.1) is 0 Å². The van der Waals surface area contributed by atoms with Crippen molar-refractivity contribution in [2.24, 2.45) is 0 Å². The van der Waals surface area contributed by atoms with Gasteiger partial charge in [-0.1, -0.05) is 66.7 Å². The van der Waals surface area contributed by atoms with Crippen LogP contribution in [0.1, 0.15) is 0 Å². The third-order valence-electron chi connectivity index (χ3n) is 4.94. The number of hydrogen-bond donors (Lipinski definition) is 2. The van der Waals surface area contributed by atoms with E-state index in [0.717, 1.165) is 22.7 Å². The van der Waals surface area contributed by atoms with Crippen LogP contribution in [0.15, 0.2) is 109 Å². The number of anilines is 4. The highest BCUT2D eigenvalue weighted by atomic mass is 14.9. The molecule has 0 aliphatic carbocycles. The van der Waals surface area contributed by atoms with Crippen LogP contribution in [0.2, 0.25) is 0 Å². The van der Waals surface area contributed by atoms with Gasteiger partial charge in [0.25, 0.3) is 0 Å². The first-order chi connectivity index (χ1) is 13.8. The molecule has 2 heteroatoms. The number of fused-ring (bicyclic) bond motifs is 2. The van der Waals surface area contributed by atoms with Crippen LogP contribution in [0.4, 0.5) is 22.7 Å². The molecule has 5 aromatic rings. The van der Waals surface area contributed by atoms with Crippen molar-refractivity contribution in [2.75, 3.05) is 10.6 Å². The summed E-state index contributed by atoms with van der Waals surface area (Å²) in [6.07, 6.45) is 0. The fourth-order valence-electron chi connectivity index (χ4n) is 3.54. The van der Waals surface area contributed by atoms with Gasteiger partial charge >= 0.3 is 0 Å². The molecule has 0 aliphatic rings. The van der Waals surface area contributed by atoms with E-state index < -0.39 is 0 Å². The maximum atomic E-state index is 3.51.